The van der Waals surface area contributed by atoms with Crippen LogP contribution < -0.4 is 14.8 Å². The van der Waals surface area contributed by atoms with Gasteiger partial charge in [-0.3, -0.25) is 4.79 Å². The molecule has 0 saturated heterocycles. The summed E-state index contributed by atoms with van der Waals surface area (Å²) < 4.78 is 11.1. The van der Waals surface area contributed by atoms with Gasteiger partial charge < -0.3 is 14.8 Å². The van der Waals surface area contributed by atoms with Gasteiger partial charge in [-0.1, -0.05) is 23.7 Å². The van der Waals surface area contributed by atoms with Gasteiger partial charge in [0.1, 0.15) is 13.2 Å². The van der Waals surface area contributed by atoms with Gasteiger partial charge in [0.25, 0.3) is 0 Å². The van der Waals surface area contributed by atoms with E-state index in [1.807, 2.05) is 44.2 Å². The van der Waals surface area contributed by atoms with Crippen LogP contribution in [0.5, 0.6) is 11.5 Å². The summed E-state index contributed by atoms with van der Waals surface area (Å²) in [6.45, 7) is 5.05. The quantitative estimate of drug-likeness (QED) is 0.898. The van der Waals surface area contributed by atoms with E-state index < -0.39 is 0 Å². The van der Waals surface area contributed by atoms with E-state index in [0.29, 0.717) is 36.8 Å². The highest BCUT2D eigenvalue weighted by Gasteiger charge is 2.13. The smallest absolute Gasteiger partial charge is 0.224 e. The highest BCUT2D eigenvalue weighted by atomic mass is 35.5. The molecule has 0 aromatic heterocycles. The molecule has 24 heavy (non-hydrogen) atoms. The van der Waals surface area contributed by atoms with E-state index in [1.165, 1.54) is 0 Å². The number of carbonyl (C=O) groups excluding carboxylic acids is 1. The Morgan fingerprint density at radius 2 is 1.88 bits per heavy atom. The van der Waals surface area contributed by atoms with E-state index in [4.69, 9.17) is 21.1 Å². The van der Waals surface area contributed by atoms with E-state index >= 15 is 0 Å². The van der Waals surface area contributed by atoms with Crippen LogP contribution >= 0.6 is 11.6 Å². The standard InChI is InChI=1S/C19H20ClNO3/c1-12-9-13(2)19(15(20)10-12)21-18(22)6-4-14-3-5-16-17(11-14)24-8-7-23-16/h3,5,9-11H,4,6-8H2,1-2H3,(H,21,22). The van der Waals surface area contributed by atoms with Gasteiger partial charge in [-0.15, -0.1) is 0 Å². The summed E-state index contributed by atoms with van der Waals surface area (Å²) in [5.41, 5.74) is 3.77. The van der Waals surface area contributed by atoms with Gasteiger partial charge in [0.15, 0.2) is 11.5 Å². The number of ether oxygens (including phenoxy) is 2. The van der Waals surface area contributed by atoms with Crippen molar-refractivity contribution in [1.29, 1.82) is 0 Å². The molecule has 1 heterocycles. The van der Waals surface area contributed by atoms with Crippen molar-refractivity contribution in [3.8, 4) is 11.5 Å². The van der Waals surface area contributed by atoms with Crippen LogP contribution in [0, 0.1) is 13.8 Å². The predicted octanol–water partition coefficient (Wildman–Crippen LogP) is 4.30. The molecule has 4 nitrogen and oxygen atoms in total. The van der Waals surface area contributed by atoms with E-state index in [2.05, 4.69) is 5.32 Å². The second kappa shape index (κ2) is 7.14. The number of fused-ring (bicyclic) bond motifs is 1. The minimum Gasteiger partial charge on any atom is -0.486 e. The van der Waals surface area contributed by atoms with Crippen LogP contribution in [0.2, 0.25) is 5.02 Å². The molecule has 0 aliphatic carbocycles. The molecule has 1 aliphatic rings. The third-order valence-corrected chi connectivity index (χ3v) is 4.24. The minimum absolute atomic E-state index is 0.0567. The zero-order valence-corrected chi connectivity index (χ0v) is 14.6. The van der Waals surface area contributed by atoms with E-state index in [0.717, 1.165) is 28.2 Å². The molecule has 0 atom stereocenters. The van der Waals surface area contributed by atoms with Gasteiger partial charge in [0.2, 0.25) is 5.91 Å². The van der Waals surface area contributed by atoms with Crippen LogP contribution in [0.25, 0.3) is 0 Å². The van der Waals surface area contributed by atoms with Gasteiger partial charge in [-0.25, -0.2) is 0 Å². The molecule has 0 spiro atoms. The summed E-state index contributed by atoms with van der Waals surface area (Å²) in [7, 11) is 0. The van der Waals surface area contributed by atoms with Crippen LogP contribution in [0.3, 0.4) is 0 Å². The number of aryl methyl sites for hydroxylation is 3. The zero-order chi connectivity index (χ0) is 17.1. The average molecular weight is 346 g/mol. The Bertz CT molecular complexity index is 750. The lowest BCUT2D eigenvalue weighted by Crippen LogP contribution is -2.16. The molecule has 5 heteroatoms. The Kier molecular flexibility index (Phi) is 4.95. The first-order chi connectivity index (χ1) is 11.5. The number of anilines is 1. The first-order valence-electron chi connectivity index (χ1n) is 7.98. The summed E-state index contributed by atoms with van der Waals surface area (Å²) in [5.74, 6) is 1.45. The number of amides is 1. The van der Waals surface area contributed by atoms with Gasteiger partial charge in [-0.2, -0.15) is 0 Å². The van der Waals surface area contributed by atoms with Gasteiger partial charge in [0, 0.05) is 6.42 Å². The van der Waals surface area contributed by atoms with Crippen molar-refractivity contribution in [3.63, 3.8) is 0 Å². The summed E-state index contributed by atoms with van der Waals surface area (Å²) >= 11 is 6.23. The van der Waals surface area contributed by atoms with E-state index in [-0.39, 0.29) is 5.91 Å². The zero-order valence-electron chi connectivity index (χ0n) is 13.8. The van der Waals surface area contributed by atoms with Crippen molar-refractivity contribution in [1.82, 2.24) is 0 Å². The lowest BCUT2D eigenvalue weighted by molar-refractivity contribution is -0.116. The molecule has 2 aromatic carbocycles. The fourth-order valence-corrected chi connectivity index (χ4v) is 3.15. The van der Waals surface area contributed by atoms with Gasteiger partial charge in [0.05, 0.1) is 10.7 Å². The highest BCUT2D eigenvalue weighted by Crippen LogP contribution is 2.31. The molecule has 1 aliphatic heterocycles. The molecule has 0 fully saturated rings. The molecule has 0 unspecified atom stereocenters. The van der Waals surface area contributed by atoms with E-state index in [1.54, 1.807) is 0 Å². The number of hydrogen-bond acceptors (Lipinski definition) is 3. The SMILES string of the molecule is Cc1cc(C)c(NC(=O)CCc2ccc3c(c2)OCCO3)c(Cl)c1. The third kappa shape index (κ3) is 3.82. The Morgan fingerprint density at radius 1 is 1.12 bits per heavy atom. The maximum absolute atomic E-state index is 12.2. The lowest BCUT2D eigenvalue weighted by Gasteiger charge is -2.18. The van der Waals surface area contributed by atoms with Crippen molar-refractivity contribution >= 4 is 23.2 Å². The van der Waals surface area contributed by atoms with Crippen molar-refractivity contribution in [2.75, 3.05) is 18.5 Å². The topological polar surface area (TPSA) is 47.6 Å². The van der Waals surface area contributed by atoms with Crippen molar-refractivity contribution in [3.05, 3.63) is 52.0 Å². The molecule has 0 bridgehead atoms. The van der Waals surface area contributed by atoms with Crippen LogP contribution in [-0.2, 0) is 11.2 Å². The van der Waals surface area contributed by atoms with E-state index in [9.17, 15) is 4.79 Å². The molecular weight excluding hydrogens is 326 g/mol. The molecule has 0 saturated carbocycles. The molecule has 0 radical (unpaired) electrons. The summed E-state index contributed by atoms with van der Waals surface area (Å²) in [5, 5.41) is 3.48. The number of carbonyl (C=O) groups is 1. The highest BCUT2D eigenvalue weighted by molar-refractivity contribution is 6.34. The second-order valence-corrected chi connectivity index (χ2v) is 6.37. The van der Waals surface area contributed by atoms with Crippen LogP contribution in [0.1, 0.15) is 23.1 Å². The summed E-state index contributed by atoms with van der Waals surface area (Å²) in [6, 6.07) is 9.65. The maximum atomic E-state index is 12.2. The molecule has 1 amide bonds. The van der Waals surface area contributed by atoms with Gasteiger partial charge in [-0.05, 0) is 55.2 Å². The Hall–Kier alpha value is -2.20. The number of hydrogen-bond donors (Lipinski definition) is 1. The monoisotopic (exact) mass is 345 g/mol. The molecule has 2 aromatic rings. The Morgan fingerprint density at radius 3 is 2.62 bits per heavy atom. The Balaban J connectivity index is 1.62. The van der Waals surface area contributed by atoms with Crippen molar-refractivity contribution in [2.24, 2.45) is 0 Å². The minimum atomic E-state index is -0.0567. The third-order valence-electron chi connectivity index (χ3n) is 3.94. The number of halogens is 1. The van der Waals surface area contributed by atoms with Crippen LogP contribution in [0.15, 0.2) is 30.3 Å². The predicted molar refractivity (Wildman–Crippen MR) is 95.3 cm³/mol. The Labute approximate surface area is 146 Å². The largest absolute Gasteiger partial charge is 0.486 e. The average Bonchev–Trinajstić information content (AvgIpc) is 2.56. The maximum Gasteiger partial charge on any atom is 0.224 e. The number of benzene rings is 2. The second-order valence-electron chi connectivity index (χ2n) is 5.96. The van der Waals surface area contributed by atoms with Gasteiger partial charge >= 0.3 is 0 Å². The first-order valence-corrected chi connectivity index (χ1v) is 8.36. The lowest BCUT2D eigenvalue weighted by atomic mass is 10.1. The normalized spacial score (nSPS) is 12.8. The van der Waals surface area contributed by atoms with Crippen molar-refractivity contribution in [2.45, 2.75) is 26.7 Å². The van der Waals surface area contributed by atoms with Crippen LogP contribution in [0.4, 0.5) is 5.69 Å². The fraction of sp³-hybridized carbons (Fsp3) is 0.316. The summed E-state index contributed by atoms with van der Waals surface area (Å²) in [4.78, 5) is 12.2. The fourth-order valence-electron chi connectivity index (χ4n) is 2.78. The molecular formula is C19H20ClNO3. The van der Waals surface area contributed by atoms with Crippen LogP contribution in [-0.4, -0.2) is 19.1 Å². The van der Waals surface area contributed by atoms with Crippen molar-refractivity contribution < 1.29 is 14.3 Å². The first kappa shape index (κ1) is 16.7. The molecule has 126 valence electrons. The number of rotatable bonds is 4. The molecule has 1 N–H and O–H groups in total. The summed E-state index contributed by atoms with van der Waals surface area (Å²) in [6.07, 6.45) is 1.01. The number of nitrogens with one attached hydrogen (secondary N) is 1. The molecule has 3 rings (SSSR count).